The zero-order valence-corrected chi connectivity index (χ0v) is 14.3. The number of methoxy groups -OCH3 is 1. The Morgan fingerprint density at radius 2 is 1.64 bits per heavy atom. The molecule has 2 amide bonds. The van der Waals surface area contributed by atoms with Crippen LogP contribution < -0.4 is 14.5 Å². The maximum atomic E-state index is 13.1. The molecule has 0 spiro atoms. The van der Waals surface area contributed by atoms with Gasteiger partial charge in [-0.3, -0.25) is 9.59 Å². The number of ether oxygens (including phenoxy) is 1. The Labute approximate surface area is 146 Å². The summed E-state index contributed by atoms with van der Waals surface area (Å²) < 4.78 is 5.33. The summed E-state index contributed by atoms with van der Waals surface area (Å²) in [6.45, 7) is 2.10. The van der Waals surface area contributed by atoms with Crippen molar-refractivity contribution < 1.29 is 14.3 Å². The van der Waals surface area contributed by atoms with Crippen LogP contribution in [0.15, 0.2) is 48.5 Å². The molecule has 4 rings (SSSR count). The monoisotopic (exact) mass is 336 g/mol. The van der Waals surface area contributed by atoms with E-state index in [-0.39, 0.29) is 24.3 Å². The molecule has 0 saturated carbocycles. The van der Waals surface area contributed by atoms with Crippen molar-refractivity contribution in [3.05, 3.63) is 54.1 Å². The quantitative estimate of drug-likeness (QED) is 0.809. The third kappa shape index (κ3) is 2.38. The van der Waals surface area contributed by atoms with Gasteiger partial charge in [0.25, 0.3) is 5.91 Å². The van der Waals surface area contributed by atoms with Crippen molar-refractivity contribution in [2.24, 2.45) is 0 Å². The van der Waals surface area contributed by atoms with Crippen LogP contribution in [0.1, 0.15) is 18.9 Å². The first-order chi connectivity index (χ1) is 12.1. The van der Waals surface area contributed by atoms with E-state index < -0.39 is 6.04 Å². The van der Waals surface area contributed by atoms with E-state index in [2.05, 4.69) is 17.9 Å². The average molecular weight is 336 g/mol. The number of rotatable bonds is 3. The highest BCUT2D eigenvalue weighted by Gasteiger charge is 2.46. The van der Waals surface area contributed by atoms with Gasteiger partial charge in [-0.25, -0.2) is 4.90 Å². The molecule has 2 atom stereocenters. The fourth-order valence-corrected chi connectivity index (χ4v) is 3.97. The van der Waals surface area contributed by atoms with Crippen molar-refractivity contribution in [1.82, 2.24) is 0 Å². The van der Waals surface area contributed by atoms with Gasteiger partial charge < -0.3 is 9.64 Å². The lowest BCUT2D eigenvalue weighted by atomic mass is 10.1. The Morgan fingerprint density at radius 1 is 0.960 bits per heavy atom. The van der Waals surface area contributed by atoms with Gasteiger partial charge in [-0.2, -0.15) is 0 Å². The molecule has 0 bridgehead atoms. The summed E-state index contributed by atoms with van der Waals surface area (Å²) in [6.07, 6.45) is 1.08. The molecule has 0 aliphatic carbocycles. The van der Waals surface area contributed by atoms with Crippen LogP contribution in [-0.2, 0) is 16.0 Å². The normalized spacial score (nSPS) is 22.5. The lowest BCUT2D eigenvalue weighted by Crippen LogP contribution is -2.45. The molecule has 2 unspecified atom stereocenters. The number of imide groups is 1. The largest absolute Gasteiger partial charge is 0.495 e. The van der Waals surface area contributed by atoms with Crippen molar-refractivity contribution >= 4 is 23.2 Å². The maximum absolute atomic E-state index is 13.1. The third-order valence-electron chi connectivity index (χ3n) is 5.04. The molecule has 2 aliphatic heterocycles. The summed E-state index contributed by atoms with van der Waals surface area (Å²) in [4.78, 5) is 29.2. The molecule has 1 saturated heterocycles. The highest BCUT2D eigenvalue weighted by atomic mass is 16.5. The van der Waals surface area contributed by atoms with Crippen molar-refractivity contribution in [3.8, 4) is 5.75 Å². The van der Waals surface area contributed by atoms with Crippen molar-refractivity contribution in [2.45, 2.75) is 31.8 Å². The van der Waals surface area contributed by atoms with Gasteiger partial charge in [0.15, 0.2) is 0 Å². The van der Waals surface area contributed by atoms with E-state index in [1.165, 1.54) is 10.5 Å². The highest BCUT2D eigenvalue weighted by Crippen LogP contribution is 2.39. The van der Waals surface area contributed by atoms with E-state index in [0.29, 0.717) is 11.4 Å². The van der Waals surface area contributed by atoms with Crippen LogP contribution in [0, 0.1) is 0 Å². The summed E-state index contributed by atoms with van der Waals surface area (Å²) in [5.41, 5.74) is 2.80. The van der Waals surface area contributed by atoms with Crippen LogP contribution in [0.5, 0.6) is 5.75 Å². The summed E-state index contributed by atoms with van der Waals surface area (Å²) in [7, 11) is 1.54. The van der Waals surface area contributed by atoms with Gasteiger partial charge in [0.05, 0.1) is 19.2 Å². The molecular formula is C20H20N2O3. The van der Waals surface area contributed by atoms with E-state index in [1.807, 2.05) is 24.3 Å². The number of benzene rings is 2. The number of nitrogens with zero attached hydrogens (tertiary/aromatic N) is 2. The molecule has 0 N–H and O–H groups in total. The molecule has 5 nitrogen and oxygen atoms in total. The van der Waals surface area contributed by atoms with E-state index in [0.717, 1.165) is 12.1 Å². The maximum Gasteiger partial charge on any atom is 0.257 e. The highest BCUT2D eigenvalue weighted by molar-refractivity contribution is 6.24. The van der Waals surface area contributed by atoms with Crippen molar-refractivity contribution in [2.75, 3.05) is 16.9 Å². The minimum Gasteiger partial charge on any atom is -0.495 e. The lowest BCUT2D eigenvalue weighted by molar-refractivity contribution is -0.121. The predicted octanol–water partition coefficient (Wildman–Crippen LogP) is 2.78. The Kier molecular flexibility index (Phi) is 3.71. The van der Waals surface area contributed by atoms with Gasteiger partial charge in [-0.1, -0.05) is 30.3 Å². The standard InChI is InChI=1S/C20H20N2O3/c1-13-11-14-7-3-4-8-15(14)21(13)17-12-19(23)22(20(17)24)16-9-5-6-10-18(16)25-2/h3-10,13,17H,11-12H2,1-2H3. The van der Waals surface area contributed by atoms with E-state index in [4.69, 9.17) is 4.74 Å². The first kappa shape index (κ1) is 15.7. The Morgan fingerprint density at radius 3 is 2.40 bits per heavy atom. The summed E-state index contributed by atoms with van der Waals surface area (Å²) in [5.74, 6) is 0.161. The zero-order chi connectivity index (χ0) is 17.6. The molecule has 2 aromatic carbocycles. The topological polar surface area (TPSA) is 49.9 Å². The third-order valence-corrected chi connectivity index (χ3v) is 5.04. The molecule has 2 aliphatic rings. The molecule has 2 aromatic rings. The Bertz CT molecular complexity index is 848. The second-order valence-electron chi connectivity index (χ2n) is 6.55. The number of carbonyl (C=O) groups excluding carboxylic acids is 2. The summed E-state index contributed by atoms with van der Waals surface area (Å²) >= 11 is 0. The first-order valence-corrected chi connectivity index (χ1v) is 8.48. The zero-order valence-electron chi connectivity index (χ0n) is 14.3. The van der Waals surface area contributed by atoms with Crippen molar-refractivity contribution in [3.63, 3.8) is 0 Å². The van der Waals surface area contributed by atoms with E-state index in [1.54, 1.807) is 25.3 Å². The second kappa shape index (κ2) is 5.92. The van der Waals surface area contributed by atoms with Crippen LogP contribution in [-0.4, -0.2) is 31.0 Å². The fraction of sp³-hybridized carbons (Fsp3) is 0.300. The number of amides is 2. The minimum atomic E-state index is -0.462. The molecule has 0 radical (unpaired) electrons. The van der Waals surface area contributed by atoms with Gasteiger partial charge >= 0.3 is 0 Å². The number of para-hydroxylation sites is 3. The molecule has 5 heteroatoms. The van der Waals surface area contributed by atoms with Crippen molar-refractivity contribution in [1.29, 1.82) is 0 Å². The first-order valence-electron chi connectivity index (χ1n) is 8.48. The van der Waals surface area contributed by atoms with Crippen LogP contribution >= 0.6 is 0 Å². The molecular weight excluding hydrogens is 316 g/mol. The number of hydrogen-bond donors (Lipinski definition) is 0. The van der Waals surface area contributed by atoms with Crippen LogP contribution in [0.3, 0.4) is 0 Å². The Hall–Kier alpha value is -2.82. The van der Waals surface area contributed by atoms with Crippen LogP contribution in [0.4, 0.5) is 11.4 Å². The minimum absolute atomic E-state index is 0.182. The van der Waals surface area contributed by atoms with Gasteiger partial charge in [-0.15, -0.1) is 0 Å². The second-order valence-corrected chi connectivity index (χ2v) is 6.55. The molecule has 2 heterocycles. The smallest absolute Gasteiger partial charge is 0.257 e. The molecule has 25 heavy (non-hydrogen) atoms. The molecule has 0 aromatic heterocycles. The fourth-order valence-electron chi connectivity index (χ4n) is 3.97. The van der Waals surface area contributed by atoms with Crippen LogP contribution in [0.25, 0.3) is 0 Å². The van der Waals surface area contributed by atoms with E-state index in [9.17, 15) is 9.59 Å². The lowest BCUT2D eigenvalue weighted by Gasteiger charge is -2.30. The number of hydrogen-bond acceptors (Lipinski definition) is 4. The summed E-state index contributed by atoms with van der Waals surface area (Å²) in [6, 6.07) is 15.0. The van der Waals surface area contributed by atoms with Gasteiger partial charge in [-0.05, 0) is 37.1 Å². The average Bonchev–Trinajstić information content (AvgIpc) is 3.10. The predicted molar refractivity (Wildman–Crippen MR) is 96.0 cm³/mol. The van der Waals surface area contributed by atoms with Gasteiger partial charge in [0, 0.05) is 11.7 Å². The van der Waals surface area contributed by atoms with Crippen LogP contribution in [0.2, 0.25) is 0 Å². The Balaban J connectivity index is 1.71. The molecule has 128 valence electrons. The van der Waals surface area contributed by atoms with Gasteiger partial charge in [0.2, 0.25) is 5.91 Å². The SMILES string of the molecule is COc1ccccc1N1C(=O)CC(N2c3ccccc3CC2C)C1=O. The van der Waals surface area contributed by atoms with E-state index >= 15 is 0 Å². The molecule has 1 fully saturated rings. The number of anilines is 2. The van der Waals surface area contributed by atoms with Gasteiger partial charge in [0.1, 0.15) is 11.8 Å². The summed E-state index contributed by atoms with van der Waals surface area (Å²) in [5, 5.41) is 0. The number of carbonyl (C=O) groups is 2. The number of fused-ring (bicyclic) bond motifs is 1.